The van der Waals surface area contributed by atoms with E-state index in [1.54, 1.807) is 30.3 Å². The van der Waals surface area contributed by atoms with Gasteiger partial charge in [0.1, 0.15) is 18.1 Å². The summed E-state index contributed by atoms with van der Waals surface area (Å²) in [5, 5.41) is 31.8. The molecule has 1 heterocycles. The van der Waals surface area contributed by atoms with Gasteiger partial charge in [-0.3, -0.25) is 24.0 Å². The molecule has 3 amide bonds. The minimum Gasteiger partial charge on any atom is -0.481 e. The molecule has 0 spiro atoms. The van der Waals surface area contributed by atoms with E-state index in [1.165, 1.54) is 0 Å². The number of carboxylic acid groups (broad SMARTS) is 3. The fourth-order valence-electron chi connectivity index (χ4n) is 3.91. The van der Waals surface area contributed by atoms with Gasteiger partial charge in [0.25, 0.3) is 0 Å². The predicted molar refractivity (Wildman–Crippen MR) is 123 cm³/mol. The van der Waals surface area contributed by atoms with Gasteiger partial charge in [0, 0.05) is 13.0 Å². The number of carboxylic acids is 3. The number of nitrogens with one attached hydrogen (secondary N) is 2. The highest BCUT2D eigenvalue weighted by Crippen LogP contribution is 2.20. The van der Waals surface area contributed by atoms with E-state index in [0.717, 1.165) is 10.5 Å². The van der Waals surface area contributed by atoms with Crippen LogP contribution in [-0.2, 0) is 35.2 Å². The van der Waals surface area contributed by atoms with Crippen molar-refractivity contribution in [1.29, 1.82) is 0 Å². The number of amides is 3. The molecule has 1 aromatic rings. The standard InChI is InChI=1S/C23H30N4O9/c24-14(11-13-5-2-1-3-6-13)20(32)25-15(8-9-18(28)29)22(34)27-10-4-7-17(27)21(33)26-16(23(35)36)12-19(30)31/h1-3,5-6,14-17H,4,7-12,24H2,(H,25,32)(H,26,33)(H,28,29)(H,30,31)(H,35,36). The largest absolute Gasteiger partial charge is 0.481 e. The average molecular weight is 507 g/mol. The molecule has 4 atom stereocenters. The summed E-state index contributed by atoms with van der Waals surface area (Å²) in [5.74, 6) is -6.39. The molecule has 1 saturated heterocycles. The third-order valence-corrected chi connectivity index (χ3v) is 5.73. The summed E-state index contributed by atoms with van der Waals surface area (Å²) in [4.78, 5) is 73.2. The average Bonchev–Trinajstić information content (AvgIpc) is 3.31. The first-order valence-corrected chi connectivity index (χ1v) is 11.4. The zero-order chi connectivity index (χ0) is 26.8. The van der Waals surface area contributed by atoms with Gasteiger partial charge in [-0.15, -0.1) is 0 Å². The van der Waals surface area contributed by atoms with Crippen LogP contribution in [0.4, 0.5) is 0 Å². The molecule has 1 fully saturated rings. The normalized spacial score (nSPS) is 17.5. The quantitative estimate of drug-likeness (QED) is 0.190. The lowest BCUT2D eigenvalue weighted by molar-refractivity contribution is -0.148. The fraction of sp³-hybridized carbons (Fsp3) is 0.478. The van der Waals surface area contributed by atoms with Gasteiger partial charge in [0.15, 0.2) is 0 Å². The topological polar surface area (TPSA) is 216 Å². The maximum Gasteiger partial charge on any atom is 0.326 e. The first-order chi connectivity index (χ1) is 17.0. The van der Waals surface area contributed by atoms with E-state index >= 15 is 0 Å². The van der Waals surface area contributed by atoms with Crippen molar-refractivity contribution in [3.8, 4) is 0 Å². The number of aliphatic carboxylic acids is 3. The van der Waals surface area contributed by atoms with Crippen molar-refractivity contribution in [2.75, 3.05) is 6.54 Å². The van der Waals surface area contributed by atoms with Gasteiger partial charge in [-0.25, -0.2) is 4.79 Å². The van der Waals surface area contributed by atoms with Gasteiger partial charge in [0.2, 0.25) is 17.7 Å². The van der Waals surface area contributed by atoms with Crippen molar-refractivity contribution in [3.05, 3.63) is 35.9 Å². The molecule has 0 aromatic heterocycles. The third-order valence-electron chi connectivity index (χ3n) is 5.73. The minimum atomic E-state index is -1.69. The van der Waals surface area contributed by atoms with Gasteiger partial charge in [-0.05, 0) is 31.2 Å². The van der Waals surface area contributed by atoms with Gasteiger partial charge >= 0.3 is 17.9 Å². The number of benzene rings is 1. The van der Waals surface area contributed by atoms with Gasteiger partial charge < -0.3 is 36.6 Å². The van der Waals surface area contributed by atoms with Crippen molar-refractivity contribution in [3.63, 3.8) is 0 Å². The highest BCUT2D eigenvalue weighted by Gasteiger charge is 2.39. The zero-order valence-corrected chi connectivity index (χ0v) is 19.5. The van der Waals surface area contributed by atoms with Crippen LogP contribution in [-0.4, -0.2) is 86.6 Å². The van der Waals surface area contributed by atoms with Crippen LogP contribution >= 0.6 is 0 Å². The molecule has 7 N–H and O–H groups in total. The lowest BCUT2D eigenvalue weighted by Crippen LogP contribution is -2.57. The molecule has 4 unspecified atom stereocenters. The Labute approximate surface area is 206 Å². The number of nitrogens with two attached hydrogens (primary N) is 1. The Bertz CT molecular complexity index is 985. The Morgan fingerprint density at radius 1 is 0.972 bits per heavy atom. The van der Waals surface area contributed by atoms with Crippen LogP contribution in [0.25, 0.3) is 0 Å². The molecular formula is C23H30N4O9. The molecule has 0 radical (unpaired) electrons. The van der Waals surface area contributed by atoms with Crippen molar-refractivity contribution in [2.45, 2.75) is 62.7 Å². The number of carbonyl (C=O) groups excluding carboxylic acids is 3. The van der Waals surface area contributed by atoms with Crippen LogP contribution in [0.1, 0.15) is 37.7 Å². The van der Waals surface area contributed by atoms with E-state index in [2.05, 4.69) is 10.6 Å². The van der Waals surface area contributed by atoms with E-state index in [4.69, 9.17) is 15.9 Å². The van der Waals surface area contributed by atoms with Crippen molar-refractivity contribution >= 4 is 35.6 Å². The highest BCUT2D eigenvalue weighted by atomic mass is 16.4. The number of hydrogen-bond donors (Lipinski definition) is 6. The molecule has 1 aromatic carbocycles. The Balaban J connectivity index is 2.13. The second-order valence-electron chi connectivity index (χ2n) is 8.48. The van der Waals surface area contributed by atoms with E-state index in [1.807, 2.05) is 0 Å². The van der Waals surface area contributed by atoms with Crippen LogP contribution < -0.4 is 16.4 Å². The molecule has 13 nitrogen and oxygen atoms in total. The zero-order valence-electron chi connectivity index (χ0n) is 19.5. The summed E-state index contributed by atoms with van der Waals surface area (Å²) in [6.45, 7) is 0.114. The Morgan fingerprint density at radius 3 is 2.22 bits per heavy atom. The molecule has 196 valence electrons. The van der Waals surface area contributed by atoms with Gasteiger partial charge in [0.05, 0.1) is 12.5 Å². The number of hydrogen-bond acceptors (Lipinski definition) is 7. The highest BCUT2D eigenvalue weighted by molar-refractivity contribution is 5.95. The number of rotatable bonds is 13. The molecule has 1 aliphatic rings. The molecular weight excluding hydrogens is 476 g/mol. The Morgan fingerprint density at radius 2 is 1.64 bits per heavy atom. The second kappa shape index (κ2) is 13.2. The van der Waals surface area contributed by atoms with Crippen LogP contribution in [0.3, 0.4) is 0 Å². The molecule has 0 bridgehead atoms. The van der Waals surface area contributed by atoms with E-state index in [9.17, 15) is 33.9 Å². The minimum absolute atomic E-state index is 0.114. The number of likely N-dealkylation sites (tertiary alicyclic amines) is 1. The Kier molecular flexibility index (Phi) is 10.3. The van der Waals surface area contributed by atoms with Crippen molar-refractivity contribution < 1.29 is 44.1 Å². The van der Waals surface area contributed by atoms with Gasteiger partial charge in [-0.1, -0.05) is 30.3 Å². The SMILES string of the molecule is NC(Cc1ccccc1)C(=O)NC(CCC(=O)O)C(=O)N1CCCC1C(=O)NC(CC(=O)O)C(=O)O. The summed E-state index contributed by atoms with van der Waals surface area (Å²) in [6.07, 6.45) is -0.772. The van der Waals surface area contributed by atoms with Gasteiger partial charge in [-0.2, -0.15) is 0 Å². The maximum absolute atomic E-state index is 13.3. The molecule has 0 aliphatic carbocycles. The molecule has 2 rings (SSSR count). The van der Waals surface area contributed by atoms with Crippen LogP contribution in [0.15, 0.2) is 30.3 Å². The van der Waals surface area contributed by atoms with Crippen LogP contribution in [0, 0.1) is 0 Å². The van der Waals surface area contributed by atoms with Crippen LogP contribution in [0.5, 0.6) is 0 Å². The Hall–Kier alpha value is -4.00. The monoisotopic (exact) mass is 506 g/mol. The molecule has 13 heteroatoms. The lowest BCUT2D eigenvalue weighted by atomic mass is 10.0. The smallest absolute Gasteiger partial charge is 0.326 e. The third kappa shape index (κ3) is 8.34. The second-order valence-corrected chi connectivity index (χ2v) is 8.48. The molecule has 0 saturated carbocycles. The first kappa shape index (κ1) is 28.2. The number of carbonyl (C=O) groups is 6. The van der Waals surface area contributed by atoms with Crippen molar-refractivity contribution in [1.82, 2.24) is 15.5 Å². The summed E-state index contributed by atoms with van der Waals surface area (Å²) in [6, 6.07) is 3.84. The predicted octanol–water partition coefficient (Wildman–Crippen LogP) is -1.06. The maximum atomic E-state index is 13.3. The van der Waals surface area contributed by atoms with E-state index in [0.29, 0.717) is 6.42 Å². The fourth-order valence-corrected chi connectivity index (χ4v) is 3.91. The summed E-state index contributed by atoms with van der Waals surface area (Å²) >= 11 is 0. The van der Waals surface area contributed by atoms with E-state index in [-0.39, 0.29) is 25.8 Å². The number of nitrogens with zero attached hydrogens (tertiary/aromatic N) is 1. The molecule has 36 heavy (non-hydrogen) atoms. The lowest BCUT2D eigenvalue weighted by Gasteiger charge is -2.29. The summed E-state index contributed by atoms with van der Waals surface area (Å²) in [7, 11) is 0. The molecule has 1 aliphatic heterocycles. The van der Waals surface area contributed by atoms with Crippen LogP contribution in [0.2, 0.25) is 0 Å². The summed E-state index contributed by atoms with van der Waals surface area (Å²) < 4.78 is 0. The van der Waals surface area contributed by atoms with Crippen molar-refractivity contribution in [2.24, 2.45) is 5.73 Å². The summed E-state index contributed by atoms with van der Waals surface area (Å²) in [5.41, 5.74) is 6.78. The first-order valence-electron chi connectivity index (χ1n) is 11.4. The van der Waals surface area contributed by atoms with E-state index < -0.39 is 72.6 Å².